The molecule has 1 aliphatic rings. The van der Waals surface area contributed by atoms with Crippen LogP contribution in [0.2, 0.25) is 0 Å². The molecule has 19 heavy (non-hydrogen) atoms. The van der Waals surface area contributed by atoms with Gasteiger partial charge in [0.15, 0.2) is 0 Å². The summed E-state index contributed by atoms with van der Waals surface area (Å²) in [5, 5.41) is 13.7. The Morgan fingerprint density at radius 2 is 1.95 bits per heavy atom. The van der Waals surface area contributed by atoms with Crippen molar-refractivity contribution in [3.05, 3.63) is 5.01 Å². The van der Waals surface area contributed by atoms with E-state index in [4.69, 9.17) is 0 Å². The van der Waals surface area contributed by atoms with Crippen molar-refractivity contribution < 1.29 is 0 Å². The Hall–Kier alpha value is -0.680. The van der Waals surface area contributed by atoms with Crippen molar-refractivity contribution in [2.45, 2.75) is 58.5 Å². The van der Waals surface area contributed by atoms with Gasteiger partial charge in [-0.05, 0) is 45.6 Å². The van der Waals surface area contributed by atoms with Crippen LogP contribution in [0.25, 0.3) is 0 Å². The molecular weight excluding hydrogens is 256 g/mol. The zero-order chi connectivity index (χ0) is 13.7. The minimum Gasteiger partial charge on any atom is -0.360 e. The fraction of sp³-hybridized carbons (Fsp3) is 0.857. The topological polar surface area (TPSA) is 41.1 Å². The molecule has 1 aromatic heterocycles. The van der Waals surface area contributed by atoms with Crippen LogP contribution in [0, 0.1) is 5.92 Å². The summed E-state index contributed by atoms with van der Waals surface area (Å²) >= 11 is 1.68. The van der Waals surface area contributed by atoms with E-state index in [1.54, 1.807) is 11.3 Å². The third-order valence-corrected chi connectivity index (χ3v) is 5.06. The lowest BCUT2D eigenvalue weighted by Crippen LogP contribution is -2.34. The van der Waals surface area contributed by atoms with Crippen LogP contribution in [-0.2, 0) is 6.54 Å². The van der Waals surface area contributed by atoms with E-state index in [9.17, 15) is 0 Å². The van der Waals surface area contributed by atoms with Crippen LogP contribution >= 0.6 is 11.3 Å². The maximum atomic E-state index is 4.27. The first kappa shape index (κ1) is 14.7. The zero-order valence-electron chi connectivity index (χ0n) is 12.4. The third-order valence-electron chi connectivity index (χ3n) is 4.20. The van der Waals surface area contributed by atoms with Gasteiger partial charge in [-0.15, -0.1) is 10.2 Å². The second-order valence-corrected chi connectivity index (χ2v) is 6.59. The SMILES string of the molecule is CCNc1nnc(CN(C)C2CCC(CC)CC2)s1. The maximum Gasteiger partial charge on any atom is 0.205 e. The van der Waals surface area contributed by atoms with Crippen LogP contribution in [0.15, 0.2) is 0 Å². The lowest BCUT2D eigenvalue weighted by molar-refractivity contribution is 0.157. The molecule has 108 valence electrons. The molecule has 1 aromatic rings. The summed E-state index contributed by atoms with van der Waals surface area (Å²) < 4.78 is 0. The molecule has 1 saturated carbocycles. The third kappa shape index (κ3) is 4.14. The van der Waals surface area contributed by atoms with Crippen molar-refractivity contribution in [1.29, 1.82) is 0 Å². The van der Waals surface area contributed by atoms with Crippen LogP contribution in [-0.4, -0.2) is 34.7 Å². The predicted molar refractivity (Wildman–Crippen MR) is 81.6 cm³/mol. The van der Waals surface area contributed by atoms with Crippen molar-refractivity contribution >= 4 is 16.5 Å². The van der Waals surface area contributed by atoms with Gasteiger partial charge in [-0.3, -0.25) is 4.90 Å². The largest absolute Gasteiger partial charge is 0.360 e. The Kier molecular flexibility index (Phi) is 5.58. The van der Waals surface area contributed by atoms with Gasteiger partial charge < -0.3 is 5.32 Å². The summed E-state index contributed by atoms with van der Waals surface area (Å²) in [6.45, 7) is 6.24. The molecule has 0 spiro atoms. The molecule has 0 bridgehead atoms. The molecule has 5 heteroatoms. The van der Waals surface area contributed by atoms with E-state index in [-0.39, 0.29) is 0 Å². The first-order chi connectivity index (χ1) is 9.22. The van der Waals surface area contributed by atoms with E-state index in [1.807, 2.05) is 0 Å². The fourth-order valence-corrected chi connectivity index (χ4v) is 3.75. The minimum atomic E-state index is 0.731. The van der Waals surface area contributed by atoms with Gasteiger partial charge in [0.05, 0.1) is 6.54 Å². The quantitative estimate of drug-likeness (QED) is 0.868. The van der Waals surface area contributed by atoms with E-state index < -0.39 is 0 Å². The van der Waals surface area contributed by atoms with E-state index in [1.165, 1.54) is 32.1 Å². The van der Waals surface area contributed by atoms with Gasteiger partial charge >= 0.3 is 0 Å². The molecular formula is C14H26N4S. The lowest BCUT2D eigenvalue weighted by Gasteiger charge is -2.33. The Labute approximate surface area is 120 Å². The van der Waals surface area contributed by atoms with E-state index in [0.29, 0.717) is 0 Å². The van der Waals surface area contributed by atoms with E-state index in [2.05, 4.69) is 41.3 Å². The van der Waals surface area contributed by atoms with Gasteiger partial charge in [-0.2, -0.15) is 0 Å². The second-order valence-electron chi connectivity index (χ2n) is 5.53. The molecule has 0 aromatic carbocycles. The predicted octanol–water partition coefficient (Wildman–Crippen LogP) is 3.37. The summed E-state index contributed by atoms with van der Waals surface area (Å²) in [5.41, 5.74) is 0. The molecule has 0 unspecified atom stereocenters. The highest BCUT2D eigenvalue weighted by atomic mass is 32.1. The van der Waals surface area contributed by atoms with Gasteiger partial charge in [0.2, 0.25) is 5.13 Å². The van der Waals surface area contributed by atoms with Gasteiger partial charge in [-0.25, -0.2) is 0 Å². The number of anilines is 1. The fourth-order valence-electron chi connectivity index (χ4n) is 2.88. The Morgan fingerprint density at radius 1 is 1.21 bits per heavy atom. The van der Waals surface area contributed by atoms with Crippen LogP contribution in [0.5, 0.6) is 0 Å². The Balaban J connectivity index is 1.81. The van der Waals surface area contributed by atoms with Crippen LogP contribution in [0.1, 0.15) is 51.0 Å². The second kappa shape index (κ2) is 7.20. The molecule has 0 aliphatic heterocycles. The highest BCUT2D eigenvalue weighted by Gasteiger charge is 2.23. The average Bonchev–Trinajstić information content (AvgIpc) is 2.86. The molecule has 0 saturated heterocycles. The summed E-state index contributed by atoms with van der Waals surface area (Å²) in [7, 11) is 2.23. The van der Waals surface area contributed by atoms with Crippen LogP contribution in [0.4, 0.5) is 5.13 Å². The van der Waals surface area contributed by atoms with Crippen molar-refractivity contribution in [2.24, 2.45) is 5.92 Å². The molecule has 4 nitrogen and oxygen atoms in total. The number of aromatic nitrogens is 2. The van der Waals surface area contributed by atoms with Gasteiger partial charge in [0.25, 0.3) is 0 Å². The van der Waals surface area contributed by atoms with Crippen molar-refractivity contribution in [3.8, 4) is 0 Å². The first-order valence-electron chi connectivity index (χ1n) is 7.49. The van der Waals surface area contributed by atoms with Crippen molar-refractivity contribution in [1.82, 2.24) is 15.1 Å². The summed E-state index contributed by atoms with van der Waals surface area (Å²) in [5.74, 6) is 0.964. The summed E-state index contributed by atoms with van der Waals surface area (Å²) in [6, 6.07) is 0.731. The zero-order valence-corrected chi connectivity index (χ0v) is 13.2. The van der Waals surface area contributed by atoms with Gasteiger partial charge in [0.1, 0.15) is 5.01 Å². The lowest BCUT2D eigenvalue weighted by atomic mass is 9.84. The number of nitrogens with zero attached hydrogens (tertiary/aromatic N) is 3. The first-order valence-corrected chi connectivity index (χ1v) is 8.31. The Morgan fingerprint density at radius 3 is 2.58 bits per heavy atom. The van der Waals surface area contributed by atoms with Crippen molar-refractivity contribution in [3.63, 3.8) is 0 Å². The molecule has 0 amide bonds. The monoisotopic (exact) mass is 282 g/mol. The Bertz CT molecular complexity index is 371. The van der Waals surface area contributed by atoms with Crippen molar-refractivity contribution in [2.75, 3.05) is 18.9 Å². The van der Waals surface area contributed by atoms with Crippen LogP contribution in [0.3, 0.4) is 0 Å². The maximum absolute atomic E-state index is 4.27. The van der Waals surface area contributed by atoms with E-state index in [0.717, 1.165) is 35.2 Å². The highest BCUT2D eigenvalue weighted by Crippen LogP contribution is 2.29. The molecule has 0 radical (unpaired) electrons. The number of hydrogen-bond acceptors (Lipinski definition) is 5. The minimum absolute atomic E-state index is 0.731. The molecule has 1 fully saturated rings. The molecule has 1 N–H and O–H groups in total. The molecule has 1 aliphatic carbocycles. The molecule has 1 heterocycles. The molecule has 0 atom stereocenters. The number of nitrogens with one attached hydrogen (secondary N) is 1. The average molecular weight is 282 g/mol. The normalized spacial score (nSPS) is 23.8. The smallest absolute Gasteiger partial charge is 0.205 e. The number of hydrogen-bond donors (Lipinski definition) is 1. The van der Waals surface area contributed by atoms with Crippen LogP contribution < -0.4 is 5.32 Å². The highest BCUT2D eigenvalue weighted by molar-refractivity contribution is 7.15. The standard InChI is InChI=1S/C14H26N4S/c1-4-11-6-8-12(9-7-11)18(3)10-13-16-17-14(19-13)15-5-2/h11-12H,4-10H2,1-3H3,(H,15,17). The van der Waals surface area contributed by atoms with E-state index >= 15 is 0 Å². The van der Waals surface area contributed by atoms with Gasteiger partial charge in [0, 0.05) is 12.6 Å². The van der Waals surface area contributed by atoms with Gasteiger partial charge in [-0.1, -0.05) is 24.7 Å². The summed E-state index contributed by atoms with van der Waals surface area (Å²) in [4.78, 5) is 2.46. The molecule has 2 rings (SSSR count). The number of rotatable bonds is 6. The summed E-state index contributed by atoms with van der Waals surface area (Å²) in [6.07, 6.45) is 6.81.